The number of H-pyrrole nitrogens is 1. The predicted octanol–water partition coefficient (Wildman–Crippen LogP) is 2.90. The minimum absolute atomic E-state index is 0. The highest BCUT2D eigenvalue weighted by atomic mass is 16.5. The van der Waals surface area contributed by atoms with E-state index in [9.17, 15) is 4.79 Å². The number of benzene rings is 1. The molecule has 0 fully saturated rings. The molecule has 80 valence electrons. The van der Waals surface area contributed by atoms with Crippen LogP contribution in [0, 0.1) is 6.92 Å². The average Bonchev–Trinajstić information content (AvgIpc) is 2.59. The van der Waals surface area contributed by atoms with E-state index < -0.39 is 0 Å². The normalized spacial score (nSPS) is 9.73. The Bertz CT molecular complexity index is 485. The van der Waals surface area contributed by atoms with Gasteiger partial charge in [-0.05, 0) is 25.1 Å². The van der Waals surface area contributed by atoms with Gasteiger partial charge in [-0.3, -0.25) is 0 Å². The Kier molecular flexibility index (Phi) is 3.14. The topological polar surface area (TPSA) is 42.1 Å². The summed E-state index contributed by atoms with van der Waals surface area (Å²) in [5, 5.41) is 1.03. The number of aryl methyl sites for hydroxylation is 1. The second-order valence-corrected chi connectivity index (χ2v) is 3.27. The summed E-state index contributed by atoms with van der Waals surface area (Å²) in [7, 11) is 1.37. The number of nitrogens with one attached hydrogen (secondary N) is 1. The van der Waals surface area contributed by atoms with Crippen molar-refractivity contribution in [1.29, 1.82) is 0 Å². The van der Waals surface area contributed by atoms with E-state index in [2.05, 4.69) is 9.72 Å². The fourth-order valence-corrected chi connectivity index (χ4v) is 1.47. The first kappa shape index (κ1) is 11.3. The van der Waals surface area contributed by atoms with Gasteiger partial charge in [-0.2, -0.15) is 0 Å². The van der Waals surface area contributed by atoms with Crippen LogP contribution in [0.25, 0.3) is 10.9 Å². The van der Waals surface area contributed by atoms with Gasteiger partial charge >= 0.3 is 5.97 Å². The highest BCUT2D eigenvalue weighted by molar-refractivity contribution is 5.94. The van der Waals surface area contributed by atoms with Crippen LogP contribution < -0.4 is 0 Å². The summed E-state index contributed by atoms with van der Waals surface area (Å²) in [4.78, 5) is 14.2. The maximum Gasteiger partial charge on any atom is 0.354 e. The Labute approximate surface area is 89.1 Å². The maximum atomic E-state index is 11.2. The molecule has 1 heterocycles. The van der Waals surface area contributed by atoms with Gasteiger partial charge in [0.05, 0.1) is 7.11 Å². The lowest BCUT2D eigenvalue weighted by molar-refractivity contribution is 0.0595. The summed E-state index contributed by atoms with van der Waals surface area (Å²) in [5.74, 6) is -0.334. The molecule has 0 saturated carbocycles. The van der Waals surface area contributed by atoms with Gasteiger partial charge in [0.1, 0.15) is 5.69 Å². The van der Waals surface area contributed by atoms with Crippen LogP contribution in [0.2, 0.25) is 0 Å². The quantitative estimate of drug-likeness (QED) is 0.727. The first-order valence-electron chi connectivity index (χ1n) is 4.38. The third-order valence-electron chi connectivity index (χ3n) is 2.18. The molecule has 2 rings (SSSR count). The van der Waals surface area contributed by atoms with Crippen LogP contribution in [0.5, 0.6) is 0 Å². The number of hydrogen-bond acceptors (Lipinski definition) is 2. The summed E-state index contributed by atoms with van der Waals surface area (Å²) in [6.07, 6.45) is 0. The van der Waals surface area contributed by atoms with Crippen LogP contribution in [0.15, 0.2) is 24.3 Å². The van der Waals surface area contributed by atoms with Crippen molar-refractivity contribution in [2.45, 2.75) is 14.4 Å². The minimum Gasteiger partial charge on any atom is -0.464 e. The summed E-state index contributed by atoms with van der Waals surface area (Å²) >= 11 is 0. The van der Waals surface area contributed by atoms with Gasteiger partial charge < -0.3 is 9.72 Å². The molecule has 0 aliphatic heterocycles. The molecule has 1 aromatic carbocycles. The van der Waals surface area contributed by atoms with Gasteiger partial charge in [-0.25, -0.2) is 4.79 Å². The molecule has 2 aromatic rings. The van der Waals surface area contributed by atoms with E-state index >= 15 is 0 Å². The molecular weight excluding hydrogens is 190 g/mol. The number of aromatic nitrogens is 1. The van der Waals surface area contributed by atoms with Crippen molar-refractivity contribution >= 4 is 16.9 Å². The molecular formula is C12H15NO2. The third kappa shape index (κ3) is 2.01. The van der Waals surface area contributed by atoms with Crippen molar-refractivity contribution in [2.24, 2.45) is 0 Å². The molecule has 0 bridgehead atoms. The first-order chi connectivity index (χ1) is 6.70. The lowest BCUT2D eigenvalue weighted by Gasteiger charge is -1.92. The Morgan fingerprint density at radius 3 is 2.73 bits per heavy atom. The highest BCUT2D eigenvalue weighted by Crippen LogP contribution is 2.17. The fraction of sp³-hybridized carbons (Fsp3) is 0.250. The molecule has 0 amide bonds. The van der Waals surface area contributed by atoms with Crippen LogP contribution in [0.4, 0.5) is 0 Å². The van der Waals surface area contributed by atoms with E-state index in [4.69, 9.17) is 0 Å². The van der Waals surface area contributed by atoms with Crippen LogP contribution in [0.1, 0.15) is 23.5 Å². The van der Waals surface area contributed by atoms with E-state index in [1.165, 1.54) is 12.7 Å². The van der Waals surface area contributed by atoms with Crippen molar-refractivity contribution in [2.75, 3.05) is 7.11 Å². The maximum absolute atomic E-state index is 11.2. The standard InChI is InChI=1S/C11H11NO2.CH4/c1-7-3-4-9-8(5-7)6-10(12-9)11(13)14-2;/h3-6,12H,1-2H3;1H4. The van der Waals surface area contributed by atoms with Gasteiger partial charge in [0.25, 0.3) is 0 Å². The fourth-order valence-electron chi connectivity index (χ4n) is 1.47. The number of aromatic amines is 1. The monoisotopic (exact) mass is 205 g/mol. The Morgan fingerprint density at radius 2 is 2.07 bits per heavy atom. The van der Waals surface area contributed by atoms with Gasteiger partial charge in [0.15, 0.2) is 0 Å². The van der Waals surface area contributed by atoms with Crippen molar-refractivity contribution in [3.8, 4) is 0 Å². The Morgan fingerprint density at radius 1 is 1.33 bits per heavy atom. The number of methoxy groups -OCH3 is 1. The lowest BCUT2D eigenvalue weighted by Crippen LogP contribution is -2.00. The summed E-state index contributed by atoms with van der Waals surface area (Å²) < 4.78 is 4.63. The molecule has 0 atom stereocenters. The second kappa shape index (κ2) is 4.17. The number of ether oxygens (including phenoxy) is 1. The van der Waals surface area contributed by atoms with Crippen molar-refractivity contribution in [3.05, 3.63) is 35.5 Å². The number of fused-ring (bicyclic) bond motifs is 1. The van der Waals surface area contributed by atoms with E-state index in [0.717, 1.165) is 10.9 Å². The van der Waals surface area contributed by atoms with Gasteiger partial charge in [0, 0.05) is 10.9 Å². The van der Waals surface area contributed by atoms with Crippen molar-refractivity contribution in [3.63, 3.8) is 0 Å². The summed E-state index contributed by atoms with van der Waals surface area (Å²) in [6.45, 7) is 2.02. The first-order valence-corrected chi connectivity index (χ1v) is 4.38. The number of carbonyl (C=O) groups is 1. The van der Waals surface area contributed by atoms with E-state index in [1.807, 2.05) is 25.1 Å². The Balaban J connectivity index is 0.00000112. The molecule has 1 N–H and O–H groups in total. The van der Waals surface area contributed by atoms with Crippen molar-refractivity contribution < 1.29 is 9.53 Å². The Hall–Kier alpha value is -1.77. The second-order valence-electron chi connectivity index (χ2n) is 3.27. The molecule has 0 spiro atoms. The minimum atomic E-state index is -0.334. The zero-order chi connectivity index (χ0) is 10.1. The zero-order valence-corrected chi connectivity index (χ0v) is 8.13. The van der Waals surface area contributed by atoms with Crippen molar-refractivity contribution in [1.82, 2.24) is 4.98 Å². The van der Waals surface area contributed by atoms with E-state index in [1.54, 1.807) is 6.07 Å². The third-order valence-corrected chi connectivity index (χ3v) is 2.18. The van der Waals surface area contributed by atoms with Gasteiger partial charge in [-0.15, -0.1) is 0 Å². The molecule has 1 aromatic heterocycles. The molecule has 15 heavy (non-hydrogen) atoms. The average molecular weight is 205 g/mol. The van der Waals surface area contributed by atoms with Crippen LogP contribution in [-0.2, 0) is 4.74 Å². The molecule has 0 unspecified atom stereocenters. The van der Waals surface area contributed by atoms with E-state index in [0.29, 0.717) is 5.69 Å². The molecule has 3 heteroatoms. The number of hydrogen-bond donors (Lipinski definition) is 1. The number of carbonyl (C=O) groups excluding carboxylic acids is 1. The molecule has 0 aliphatic rings. The summed E-state index contributed by atoms with van der Waals surface area (Å²) in [5.41, 5.74) is 2.62. The molecule has 0 saturated heterocycles. The molecule has 0 radical (unpaired) electrons. The molecule has 3 nitrogen and oxygen atoms in total. The molecule has 0 aliphatic carbocycles. The number of rotatable bonds is 1. The zero-order valence-electron chi connectivity index (χ0n) is 8.13. The number of esters is 1. The van der Waals surface area contributed by atoms with Crippen LogP contribution in [-0.4, -0.2) is 18.1 Å². The predicted molar refractivity (Wildman–Crippen MR) is 61.1 cm³/mol. The van der Waals surface area contributed by atoms with E-state index in [-0.39, 0.29) is 13.4 Å². The van der Waals surface area contributed by atoms with Crippen LogP contribution >= 0.6 is 0 Å². The van der Waals surface area contributed by atoms with Gasteiger partial charge in [0.2, 0.25) is 0 Å². The summed E-state index contributed by atoms with van der Waals surface area (Å²) in [6, 6.07) is 7.78. The SMILES string of the molecule is C.COC(=O)c1cc2cc(C)ccc2[nH]1. The van der Waals surface area contributed by atoms with Gasteiger partial charge in [-0.1, -0.05) is 19.1 Å². The largest absolute Gasteiger partial charge is 0.464 e. The lowest BCUT2D eigenvalue weighted by atomic mass is 10.2. The van der Waals surface area contributed by atoms with Crippen LogP contribution in [0.3, 0.4) is 0 Å². The highest BCUT2D eigenvalue weighted by Gasteiger charge is 2.08. The smallest absolute Gasteiger partial charge is 0.354 e.